The predicted molar refractivity (Wildman–Crippen MR) is 85.7 cm³/mol. The van der Waals surface area contributed by atoms with Gasteiger partial charge in [-0.05, 0) is 18.6 Å². The van der Waals surface area contributed by atoms with Gasteiger partial charge in [0, 0.05) is 6.42 Å². The zero-order valence-corrected chi connectivity index (χ0v) is 13.5. The van der Waals surface area contributed by atoms with Crippen molar-refractivity contribution in [1.82, 2.24) is 0 Å². The Morgan fingerprint density at radius 2 is 1.70 bits per heavy atom. The number of rotatable bonds is 3. The van der Waals surface area contributed by atoms with Crippen LogP contribution in [-0.2, 0) is 6.42 Å². The van der Waals surface area contributed by atoms with E-state index in [4.69, 9.17) is 46.4 Å². The van der Waals surface area contributed by atoms with Gasteiger partial charge in [-0.2, -0.15) is 0 Å². The van der Waals surface area contributed by atoms with E-state index in [1.165, 1.54) is 6.07 Å². The molecule has 2 aromatic rings. The molecule has 20 heavy (non-hydrogen) atoms. The molecule has 0 aliphatic carbocycles. The first-order chi connectivity index (χ1) is 9.40. The van der Waals surface area contributed by atoms with Crippen molar-refractivity contribution in [2.75, 3.05) is 0 Å². The molecule has 0 aromatic heterocycles. The summed E-state index contributed by atoms with van der Waals surface area (Å²) in [6.07, 6.45) is 0.207. The summed E-state index contributed by atoms with van der Waals surface area (Å²) in [5.41, 5.74) is 2.19. The van der Waals surface area contributed by atoms with Crippen molar-refractivity contribution in [3.05, 3.63) is 67.1 Å². The number of benzene rings is 2. The summed E-state index contributed by atoms with van der Waals surface area (Å²) >= 11 is 23.9. The second-order valence-corrected chi connectivity index (χ2v) is 6.00. The fourth-order valence-electron chi connectivity index (χ4n) is 1.92. The molecule has 0 saturated heterocycles. The van der Waals surface area contributed by atoms with Gasteiger partial charge in [-0.1, -0.05) is 76.2 Å². The Labute approximate surface area is 137 Å². The van der Waals surface area contributed by atoms with E-state index in [1.807, 2.05) is 31.2 Å². The third kappa shape index (κ3) is 3.29. The van der Waals surface area contributed by atoms with Crippen LogP contribution in [0.3, 0.4) is 0 Å². The van der Waals surface area contributed by atoms with Crippen LogP contribution in [0.4, 0.5) is 0 Å². The Bertz CT molecular complexity index is 680. The van der Waals surface area contributed by atoms with Gasteiger partial charge < -0.3 is 0 Å². The average Bonchev–Trinajstić information content (AvgIpc) is 2.36. The monoisotopic (exact) mass is 346 g/mol. The number of hydrogen-bond acceptors (Lipinski definition) is 1. The van der Waals surface area contributed by atoms with Crippen LogP contribution < -0.4 is 0 Å². The molecule has 5 heteroatoms. The average molecular weight is 348 g/mol. The van der Waals surface area contributed by atoms with Crippen molar-refractivity contribution in [3.8, 4) is 0 Å². The molecule has 0 aliphatic rings. The second-order valence-electron chi connectivity index (χ2n) is 4.43. The molecule has 0 radical (unpaired) electrons. The van der Waals surface area contributed by atoms with Crippen molar-refractivity contribution in [3.63, 3.8) is 0 Å². The second kappa shape index (κ2) is 6.36. The molecule has 2 rings (SSSR count). The van der Waals surface area contributed by atoms with Crippen LogP contribution in [-0.4, -0.2) is 5.78 Å². The summed E-state index contributed by atoms with van der Waals surface area (Å²) < 4.78 is 0. The van der Waals surface area contributed by atoms with Crippen LogP contribution >= 0.6 is 46.4 Å². The minimum atomic E-state index is -0.191. The molecule has 0 N–H and O–H groups in total. The maximum Gasteiger partial charge on any atom is 0.170 e. The van der Waals surface area contributed by atoms with Gasteiger partial charge in [0.05, 0.1) is 25.7 Å². The third-order valence-corrected chi connectivity index (χ3v) is 4.40. The maximum absolute atomic E-state index is 12.4. The van der Waals surface area contributed by atoms with Crippen molar-refractivity contribution >= 4 is 52.2 Å². The minimum absolute atomic E-state index is 0.0989. The van der Waals surface area contributed by atoms with E-state index in [1.54, 1.807) is 0 Å². The van der Waals surface area contributed by atoms with Crippen LogP contribution in [0.15, 0.2) is 30.3 Å². The Morgan fingerprint density at radius 1 is 1.00 bits per heavy atom. The summed E-state index contributed by atoms with van der Waals surface area (Å²) in [5.74, 6) is -0.191. The lowest BCUT2D eigenvalue weighted by Gasteiger charge is -2.09. The van der Waals surface area contributed by atoms with E-state index in [9.17, 15) is 4.79 Å². The molecule has 1 nitrogen and oxygen atoms in total. The quantitative estimate of drug-likeness (QED) is 0.376. The van der Waals surface area contributed by atoms with Crippen LogP contribution in [0, 0.1) is 6.92 Å². The van der Waals surface area contributed by atoms with Gasteiger partial charge in [0.1, 0.15) is 0 Å². The molecule has 2 aromatic carbocycles. The van der Waals surface area contributed by atoms with E-state index >= 15 is 0 Å². The highest BCUT2D eigenvalue weighted by atomic mass is 35.5. The molecule has 0 spiro atoms. The highest BCUT2D eigenvalue weighted by molar-refractivity contribution is 6.51. The molecule has 0 atom stereocenters. The van der Waals surface area contributed by atoms with Crippen molar-refractivity contribution in [1.29, 1.82) is 0 Å². The Hall–Kier alpha value is -0.730. The van der Waals surface area contributed by atoms with Crippen LogP contribution in [0.5, 0.6) is 0 Å². The number of hydrogen-bond donors (Lipinski definition) is 0. The van der Waals surface area contributed by atoms with Crippen LogP contribution in [0.1, 0.15) is 21.5 Å². The lowest BCUT2D eigenvalue weighted by Crippen LogP contribution is -2.06. The van der Waals surface area contributed by atoms with Crippen molar-refractivity contribution in [2.45, 2.75) is 13.3 Å². The molecule has 0 heterocycles. The van der Waals surface area contributed by atoms with Gasteiger partial charge in [-0.3, -0.25) is 4.79 Å². The number of Topliss-reactive ketones (excluding diaryl/α,β-unsaturated/α-hetero) is 1. The van der Waals surface area contributed by atoms with Crippen LogP contribution in [0.25, 0.3) is 0 Å². The topological polar surface area (TPSA) is 17.1 Å². The molecule has 0 unspecified atom stereocenters. The number of ketones is 1. The van der Waals surface area contributed by atoms with E-state index in [2.05, 4.69) is 0 Å². The van der Waals surface area contributed by atoms with Gasteiger partial charge in [0.15, 0.2) is 5.78 Å². The molecule has 0 aliphatic heterocycles. The zero-order valence-electron chi connectivity index (χ0n) is 10.5. The van der Waals surface area contributed by atoms with Crippen LogP contribution in [0.2, 0.25) is 20.1 Å². The maximum atomic E-state index is 12.4. The van der Waals surface area contributed by atoms with Crippen molar-refractivity contribution in [2.24, 2.45) is 0 Å². The number of carbonyl (C=O) groups excluding carboxylic acids is 1. The fourth-order valence-corrected chi connectivity index (χ4v) is 3.04. The largest absolute Gasteiger partial charge is 0.294 e. The van der Waals surface area contributed by atoms with Gasteiger partial charge in [-0.15, -0.1) is 0 Å². The van der Waals surface area contributed by atoms with E-state index in [0.29, 0.717) is 0 Å². The van der Waals surface area contributed by atoms with E-state index < -0.39 is 0 Å². The molecular weight excluding hydrogens is 338 g/mol. The third-order valence-electron chi connectivity index (χ3n) is 2.84. The molecule has 0 fully saturated rings. The summed E-state index contributed by atoms with van der Waals surface area (Å²) in [7, 11) is 0. The summed E-state index contributed by atoms with van der Waals surface area (Å²) in [6, 6.07) is 9.12. The van der Waals surface area contributed by atoms with Crippen molar-refractivity contribution < 1.29 is 4.79 Å². The number of aryl methyl sites for hydroxylation is 1. The predicted octanol–water partition coefficient (Wildman–Crippen LogP) is 6.03. The molecule has 0 amide bonds. The zero-order chi connectivity index (χ0) is 14.9. The molecule has 0 saturated carbocycles. The SMILES string of the molecule is Cc1cccc(CC(=O)c2c(Cl)cc(Cl)c(Cl)c2Cl)c1. The normalized spacial score (nSPS) is 10.7. The summed E-state index contributed by atoms with van der Waals surface area (Å²) in [5, 5.41) is 0.683. The minimum Gasteiger partial charge on any atom is -0.294 e. The molecular formula is C15H10Cl4O. The van der Waals surface area contributed by atoms with Gasteiger partial charge >= 0.3 is 0 Å². The molecule has 104 valence electrons. The highest BCUT2D eigenvalue weighted by Crippen LogP contribution is 2.37. The van der Waals surface area contributed by atoms with E-state index in [-0.39, 0.29) is 37.9 Å². The first kappa shape index (κ1) is 15.7. The fraction of sp³-hybridized carbons (Fsp3) is 0.133. The van der Waals surface area contributed by atoms with Gasteiger partial charge in [0.25, 0.3) is 0 Å². The Balaban J connectivity index is 2.37. The standard InChI is InChI=1S/C15H10Cl4O/c1-8-3-2-4-9(5-8)6-12(20)13-10(16)7-11(17)14(18)15(13)19/h2-5,7H,6H2,1H3. The van der Waals surface area contributed by atoms with E-state index in [0.717, 1.165) is 11.1 Å². The number of carbonyl (C=O) groups is 1. The molecule has 0 bridgehead atoms. The Morgan fingerprint density at radius 3 is 2.35 bits per heavy atom. The lowest BCUT2D eigenvalue weighted by molar-refractivity contribution is 0.0993. The highest BCUT2D eigenvalue weighted by Gasteiger charge is 2.20. The smallest absolute Gasteiger partial charge is 0.170 e. The van der Waals surface area contributed by atoms with Gasteiger partial charge in [-0.25, -0.2) is 0 Å². The van der Waals surface area contributed by atoms with Gasteiger partial charge in [0.2, 0.25) is 0 Å². The first-order valence-corrected chi connectivity index (χ1v) is 7.33. The number of halogens is 4. The summed E-state index contributed by atoms with van der Waals surface area (Å²) in [6.45, 7) is 1.97. The Kier molecular flexibility index (Phi) is 4.98. The summed E-state index contributed by atoms with van der Waals surface area (Å²) in [4.78, 5) is 12.4. The lowest BCUT2D eigenvalue weighted by atomic mass is 10.0. The first-order valence-electron chi connectivity index (χ1n) is 5.82.